The van der Waals surface area contributed by atoms with Crippen molar-refractivity contribution in [3.8, 4) is 5.75 Å². The SMILES string of the molecule is CC1(C)CC(NC(=O)c2ccc(Br)o2)c2cc(N)ccc2O1. The first-order valence-electron chi connectivity index (χ1n) is 6.99. The number of halogens is 1. The van der Waals surface area contributed by atoms with E-state index in [4.69, 9.17) is 14.9 Å². The molecule has 1 atom stereocenters. The van der Waals surface area contributed by atoms with Crippen LogP contribution in [0.25, 0.3) is 0 Å². The Labute approximate surface area is 136 Å². The molecular weight excluding hydrogens is 348 g/mol. The summed E-state index contributed by atoms with van der Waals surface area (Å²) in [5.74, 6) is 0.750. The molecule has 5 nitrogen and oxygen atoms in total. The van der Waals surface area contributed by atoms with Gasteiger partial charge in [0.1, 0.15) is 11.4 Å². The van der Waals surface area contributed by atoms with Crippen LogP contribution >= 0.6 is 15.9 Å². The molecule has 3 rings (SSSR count). The molecule has 2 heterocycles. The minimum atomic E-state index is -0.370. The summed E-state index contributed by atoms with van der Waals surface area (Å²) in [6.45, 7) is 3.99. The fourth-order valence-corrected chi connectivity index (χ4v) is 2.97. The molecule has 0 spiro atoms. The summed E-state index contributed by atoms with van der Waals surface area (Å²) < 4.78 is 11.8. The van der Waals surface area contributed by atoms with Gasteiger partial charge in [-0.15, -0.1) is 0 Å². The zero-order valence-corrected chi connectivity index (χ0v) is 13.9. The number of nitrogens with one attached hydrogen (secondary N) is 1. The number of carbonyl (C=O) groups excluding carboxylic acids is 1. The van der Waals surface area contributed by atoms with Gasteiger partial charge >= 0.3 is 0 Å². The first-order chi connectivity index (χ1) is 10.3. The number of fused-ring (bicyclic) bond motifs is 1. The van der Waals surface area contributed by atoms with Gasteiger partial charge in [-0.3, -0.25) is 4.79 Å². The minimum absolute atomic E-state index is 0.182. The highest BCUT2D eigenvalue weighted by atomic mass is 79.9. The van der Waals surface area contributed by atoms with Gasteiger partial charge in [0.2, 0.25) is 0 Å². The Hall–Kier alpha value is -1.95. The van der Waals surface area contributed by atoms with E-state index in [0.29, 0.717) is 16.8 Å². The van der Waals surface area contributed by atoms with Gasteiger partial charge in [0.25, 0.3) is 5.91 Å². The Bertz CT molecular complexity index is 724. The molecule has 2 aromatic rings. The van der Waals surface area contributed by atoms with Gasteiger partial charge in [-0.1, -0.05) is 0 Å². The number of nitrogens with two attached hydrogens (primary N) is 1. The van der Waals surface area contributed by atoms with Crippen LogP contribution in [0.15, 0.2) is 39.4 Å². The van der Waals surface area contributed by atoms with Crippen LogP contribution in [-0.2, 0) is 0 Å². The van der Waals surface area contributed by atoms with Crippen molar-refractivity contribution in [2.24, 2.45) is 0 Å². The van der Waals surface area contributed by atoms with Gasteiger partial charge in [0, 0.05) is 17.7 Å². The van der Waals surface area contributed by atoms with Crippen molar-refractivity contribution in [3.63, 3.8) is 0 Å². The third-order valence-electron chi connectivity index (χ3n) is 3.59. The summed E-state index contributed by atoms with van der Waals surface area (Å²) in [6, 6.07) is 8.61. The topological polar surface area (TPSA) is 77.5 Å². The zero-order valence-electron chi connectivity index (χ0n) is 12.4. The van der Waals surface area contributed by atoms with Gasteiger partial charge in [0.05, 0.1) is 6.04 Å². The Balaban J connectivity index is 1.90. The molecule has 1 aliphatic heterocycles. The van der Waals surface area contributed by atoms with Crippen molar-refractivity contribution >= 4 is 27.5 Å². The summed E-state index contributed by atoms with van der Waals surface area (Å²) in [7, 11) is 0. The van der Waals surface area contributed by atoms with Crippen LogP contribution in [0.4, 0.5) is 5.69 Å². The third kappa shape index (κ3) is 2.97. The maximum Gasteiger partial charge on any atom is 0.287 e. The first-order valence-corrected chi connectivity index (χ1v) is 7.78. The molecule has 116 valence electrons. The molecule has 1 unspecified atom stereocenters. The van der Waals surface area contributed by atoms with Crippen molar-refractivity contribution in [2.75, 3.05) is 5.73 Å². The predicted octanol–water partition coefficient (Wildman–Crippen LogP) is 3.66. The lowest BCUT2D eigenvalue weighted by Gasteiger charge is -2.37. The lowest BCUT2D eigenvalue weighted by atomic mass is 9.89. The van der Waals surface area contributed by atoms with Crippen molar-refractivity contribution in [1.82, 2.24) is 5.32 Å². The smallest absolute Gasteiger partial charge is 0.287 e. The fourth-order valence-electron chi connectivity index (χ4n) is 2.67. The predicted molar refractivity (Wildman–Crippen MR) is 86.8 cm³/mol. The molecule has 0 saturated carbocycles. The van der Waals surface area contributed by atoms with E-state index in [1.807, 2.05) is 26.0 Å². The maximum absolute atomic E-state index is 12.3. The fraction of sp³-hybridized carbons (Fsp3) is 0.312. The summed E-state index contributed by atoms with van der Waals surface area (Å²) >= 11 is 3.20. The van der Waals surface area contributed by atoms with E-state index < -0.39 is 0 Å². The van der Waals surface area contributed by atoms with Crippen LogP contribution in [0, 0.1) is 0 Å². The third-order valence-corrected chi connectivity index (χ3v) is 4.02. The lowest BCUT2D eigenvalue weighted by Crippen LogP contribution is -2.41. The second-order valence-electron chi connectivity index (χ2n) is 5.99. The number of rotatable bonds is 2. The molecule has 22 heavy (non-hydrogen) atoms. The number of nitrogen functional groups attached to an aromatic ring is 1. The molecule has 3 N–H and O–H groups in total. The Morgan fingerprint density at radius 2 is 2.14 bits per heavy atom. The van der Waals surface area contributed by atoms with Crippen molar-refractivity contribution < 1.29 is 13.9 Å². The second-order valence-corrected chi connectivity index (χ2v) is 6.77. The summed E-state index contributed by atoms with van der Waals surface area (Å²) in [4.78, 5) is 12.3. The number of anilines is 1. The highest BCUT2D eigenvalue weighted by molar-refractivity contribution is 9.10. The number of hydrogen-bond acceptors (Lipinski definition) is 4. The number of furan rings is 1. The van der Waals surface area contributed by atoms with Crippen molar-refractivity contribution in [3.05, 3.63) is 46.3 Å². The average molecular weight is 365 g/mol. The molecule has 1 amide bonds. The maximum atomic E-state index is 12.3. The van der Waals surface area contributed by atoms with E-state index in [-0.39, 0.29) is 23.3 Å². The quantitative estimate of drug-likeness (QED) is 0.797. The Kier molecular flexibility index (Phi) is 3.64. The van der Waals surface area contributed by atoms with Crippen LogP contribution in [0.5, 0.6) is 5.75 Å². The molecular formula is C16H17BrN2O3. The number of amides is 1. The van der Waals surface area contributed by atoms with E-state index >= 15 is 0 Å². The highest BCUT2D eigenvalue weighted by Gasteiger charge is 2.35. The molecule has 0 radical (unpaired) electrons. The van der Waals surface area contributed by atoms with E-state index in [1.165, 1.54) is 0 Å². The van der Waals surface area contributed by atoms with E-state index in [0.717, 1.165) is 11.3 Å². The number of hydrogen-bond donors (Lipinski definition) is 2. The number of carbonyl (C=O) groups is 1. The highest BCUT2D eigenvalue weighted by Crippen LogP contribution is 2.40. The first kappa shape index (κ1) is 15.0. The van der Waals surface area contributed by atoms with Gasteiger partial charge < -0.3 is 20.2 Å². The van der Waals surface area contributed by atoms with Crippen LogP contribution in [0.3, 0.4) is 0 Å². The monoisotopic (exact) mass is 364 g/mol. The Morgan fingerprint density at radius 1 is 1.36 bits per heavy atom. The summed E-state index contributed by atoms with van der Waals surface area (Å²) in [6.07, 6.45) is 0.650. The molecule has 0 fully saturated rings. The second kappa shape index (κ2) is 5.35. The van der Waals surface area contributed by atoms with Crippen LogP contribution in [0.1, 0.15) is 42.4 Å². The van der Waals surface area contributed by atoms with E-state index in [2.05, 4.69) is 21.2 Å². The average Bonchev–Trinajstić information content (AvgIpc) is 2.85. The molecule has 1 aromatic carbocycles. The summed E-state index contributed by atoms with van der Waals surface area (Å²) in [5.41, 5.74) is 7.02. The standard InChI is InChI=1S/C16H17BrN2O3/c1-16(2)8-11(10-7-9(18)3-4-12(10)22-16)19-15(20)13-5-6-14(17)21-13/h3-7,11H,8,18H2,1-2H3,(H,19,20). The summed E-state index contributed by atoms with van der Waals surface area (Å²) in [5, 5.41) is 3.00. The largest absolute Gasteiger partial charge is 0.487 e. The normalized spacial score (nSPS) is 19.1. The Morgan fingerprint density at radius 3 is 2.82 bits per heavy atom. The van der Waals surface area contributed by atoms with E-state index in [1.54, 1.807) is 18.2 Å². The molecule has 6 heteroatoms. The molecule has 1 aromatic heterocycles. The van der Waals surface area contributed by atoms with Crippen LogP contribution in [0.2, 0.25) is 0 Å². The van der Waals surface area contributed by atoms with Crippen LogP contribution < -0.4 is 15.8 Å². The van der Waals surface area contributed by atoms with Gasteiger partial charge in [-0.05, 0) is 60.1 Å². The van der Waals surface area contributed by atoms with Gasteiger partial charge in [0.15, 0.2) is 10.4 Å². The zero-order chi connectivity index (χ0) is 15.9. The van der Waals surface area contributed by atoms with Crippen molar-refractivity contribution in [2.45, 2.75) is 31.9 Å². The minimum Gasteiger partial charge on any atom is -0.487 e. The van der Waals surface area contributed by atoms with Crippen molar-refractivity contribution in [1.29, 1.82) is 0 Å². The van der Waals surface area contributed by atoms with E-state index in [9.17, 15) is 4.79 Å². The molecule has 0 saturated heterocycles. The molecule has 0 bridgehead atoms. The number of ether oxygens (including phenoxy) is 1. The van der Waals surface area contributed by atoms with Gasteiger partial charge in [-0.25, -0.2) is 0 Å². The molecule has 1 aliphatic rings. The molecule has 0 aliphatic carbocycles. The van der Waals surface area contributed by atoms with Crippen LogP contribution in [-0.4, -0.2) is 11.5 Å². The lowest BCUT2D eigenvalue weighted by molar-refractivity contribution is 0.0611. The number of benzene rings is 1. The van der Waals surface area contributed by atoms with Gasteiger partial charge in [-0.2, -0.15) is 0 Å².